The molecule has 0 saturated carbocycles. The fourth-order valence-electron chi connectivity index (χ4n) is 1.49. The predicted molar refractivity (Wildman–Crippen MR) is 64.7 cm³/mol. The van der Waals surface area contributed by atoms with Crippen molar-refractivity contribution < 1.29 is 9.90 Å². The molecule has 1 aromatic rings. The maximum atomic E-state index is 12.0. The number of carbonyl (C=O) groups is 1. The van der Waals surface area contributed by atoms with Crippen molar-refractivity contribution in [3.63, 3.8) is 0 Å². The van der Waals surface area contributed by atoms with Crippen LogP contribution in [0.5, 0.6) is 5.75 Å². The molecule has 88 valence electrons. The molecular weight excluding hydrogens is 202 g/mol. The summed E-state index contributed by atoms with van der Waals surface area (Å²) in [6.45, 7) is 5.90. The lowest BCUT2D eigenvalue weighted by Crippen LogP contribution is -2.34. The van der Waals surface area contributed by atoms with Crippen molar-refractivity contribution in [2.45, 2.75) is 33.2 Å². The molecule has 0 bridgehead atoms. The molecule has 0 spiro atoms. The zero-order valence-corrected chi connectivity index (χ0v) is 10.3. The fraction of sp³-hybridized carbons (Fsp3) is 0.462. The molecule has 1 aromatic carbocycles. The first-order chi connectivity index (χ1) is 7.47. The zero-order valence-electron chi connectivity index (χ0n) is 10.3. The molecule has 3 heteroatoms. The van der Waals surface area contributed by atoms with Crippen LogP contribution in [0.3, 0.4) is 0 Å². The lowest BCUT2D eigenvalue weighted by molar-refractivity contribution is 0.0737. The molecule has 1 N–H and O–H groups in total. The van der Waals surface area contributed by atoms with Crippen LogP contribution in [-0.2, 0) is 0 Å². The maximum Gasteiger partial charge on any atom is 0.257 e. The number of rotatable bonds is 3. The second kappa shape index (κ2) is 5.01. The van der Waals surface area contributed by atoms with E-state index in [2.05, 4.69) is 0 Å². The van der Waals surface area contributed by atoms with E-state index >= 15 is 0 Å². The molecule has 16 heavy (non-hydrogen) atoms. The third kappa shape index (κ3) is 2.54. The second-order valence-electron chi connectivity index (χ2n) is 4.19. The average Bonchev–Trinajstić information content (AvgIpc) is 2.26. The molecule has 1 unspecified atom stereocenters. The van der Waals surface area contributed by atoms with Crippen molar-refractivity contribution in [3.8, 4) is 5.75 Å². The minimum absolute atomic E-state index is 0.0557. The first kappa shape index (κ1) is 12.6. The highest BCUT2D eigenvalue weighted by atomic mass is 16.3. The maximum absolute atomic E-state index is 12.0. The molecule has 0 aliphatic carbocycles. The van der Waals surface area contributed by atoms with Gasteiger partial charge in [0.25, 0.3) is 5.91 Å². The normalized spacial score (nSPS) is 12.2. The van der Waals surface area contributed by atoms with Crippen LogP contribution >= 0.6 is 0 Å². The highest BCUT2D eigenvalue weighted by Gasteiger charge is 2.18. The van der Waals surface area contributed by atoms with E-state index in [1.54, 1.807) is 24.1 Å². The van der Waals surface area contributed by atoms with Gasteiger partial charge in [0.1, 0.15) is 5.75 Å². The molecule has 3 nitrogen and oxygen atoms in total. The predicted octanol–water partition coefficient (Wildman–Crippen LogP) is 2.57. The Labute approximate surface area is 96.7 Å². The Hall–Kier alpha value is -1.51. The van der Waals surface area contributed by atoms with Gasteiger partial charge in [0.15, 0.2) is 0 Å². The topological polar surface area (TPSA) is 40.5 Å². The van der Waals surface area contributed by atoms with E-state index in [9.17, 15) is 9.90 Å². The minimum Gasteiger partial charge on any atom is -0.507 e. The standard InChI is InChI=1S/C13H19NO2/c1-5-10(3)14(4)13(16)11-7-6-9(2)8-12(11)15/h6-8,10,15H,5H2,1-4H3. The Kier molecular flexibility index (Phi) is 3.93. The summed E-state index contributed by atoms with van der Waals surface area (Å²) in [5.41, 5.74) is 1.31. The number of amides is 1. The highest BCUT2D eigenvalue weighted by molar-refractivity contribution is 5.96. The molecule has 0 radical (unpaired) electrons. The van der Waals surface area contributed by atoms with Gasteiger partial charge in [-0.05, 0) is 38.0 Å². The number of hydrogen-bond acceptors (Lipinski definition) is 2. The summed E-state index contributed by atoms with van der Waals surface area (Å²) in [4.78, 5) is 13.7. The molecule has 1 amide bonds. The lowest BCUT2D eigenvalue weighted by Gasteiger charge is -2.24. The Bertz CT molecular complexity index is 388. The Morgan fingerprint density at radius 3 is 2.62 bits per heavy atom. The average molecular weight is 221 g/mol. The number of aromatic hydroxyl groups is 1. The van der Waals surface area contributed by atoms with Crippen LogP contribution in [0, 0.1) is 6.92 Å². The molecule has 0 aliphatic heterocycles. The van der Waals surface area contributed by atoms with Crippen molar-refractivity contribution in [2.75, 3.05) is 7.05 Å². The van der Waals surface area contributed by atoms with Gasteiger partial charge in [-0.3, -0.25) is 4.79 Å². The van der Waals surface area contributed by atoms with E-state index in [0.29, 0.717) is 5.56 Å². The first-order valence-corrected chi connectivity index (χ1v) is 5.54. The van der Waals surface area contributed by atoms with Crippen LogP contribution in [0.15, 0.2) is 18.2 Å². The minimum atomic E-state index is -0.133. The third-order valence-corrected chi connectivity index (χ3v) is 2.96. The summed E-state index contributed by atoms with van der Waals surface area (Å²) in [5.74, 6) is -0.0768. The summed E-state index contributed by atoms with van der Waals surface area (Å²) in [6, 6.07) is 5.29. The fourth-order valence-corrected chi connectivity index (χ4v) is 1.49. The smallest absolute Gasteiger partial charge is 0.257 e. The molecule has 1 rings (SSSR count). The van der Waals surface area contributed by atoms with Gasteiger partial charge in [0, 0.05) is 13.1 Å². The van der Waals surface area contributed by atoms with Crippen LogP contribution in [0.1, 0.15) is 36.2 Å². The van der Waals surface area contributed by atoms with Crippen molar-refractivity contribution in [2.24, 2.45) is 0 Å². The molecule has 1 atom stereocenters. The Morgan fingerprint density at radius 2 is 2.12 bits per heavy atom. The van der Waals surface area contributed by atoms with Gasteiger partial charge in [-0.25, -0.2) is 0 Å². The quantitative estimate of drug-likeness (QED) is 0.852. The summed E-state index contributed by atoms with van der Waals surface area (Å²) in [5, 5.41) is 9.72. The summed E-state index contributed by atoms with van der Waals surface area (Å²) < 4.78 is 0. The van der Waals surface area contributed by atoms with Gasteiger partial charge in [0.2, 0.25) is 0 Å². The van der Waals surface area contributed by atoms with Crippen molar-refractivity contribution in [1.29, 1.82) is 0 Å². The van der Waals surface area contributed by atoms with Crippen molar-refractivity contribution >= 4 is 5.91 Å². The first-order valence-electron chi connectivity index (χ1n) is 5.54. The molecule has 0 heterocycles. The van der Waals surface area contributed by atoms with Gasteiger partial charge in [-0.1, -0.05) is 13.0 Å². The lowest BCUT2D eigenvalue weighted by atomic mass is 10.1. The number of hydrogen-bond donors (Lipinski definition) is 1. The Morgan fingerprint density at radius 1 is 1.50 bits per heavy atom. The van der Waals surface area contributed by atoms with Crippen LogP contribution in [0.4, 0.5) is 0 Å². The van der Waals surface area contributed by atoms with Crippen LogP contribution in [0.2, 0.25) is 0 Å². The van der Waals surface area contributed by atoms with Crippen LogP contribution in [-0.4, -0.2) is 29.0 Å². The number of benzene rings is 1. The summed E-state index contributed by atoms with van der Waals surface area (Å²) in [7, 11) is 1.76. The molecule has 0 aliphatic rings. The monoisotopic (exact) mass is 221 g/mol. The summed E-state index contributed by atoms with van der Waals surface area (Å²) in [6.07, 6.45) is 0.898. The van der Waals surface area contributed by atoms with Gasteiger partial charge < -0.3 is 10.0 Å². The molecule has 0 fully saturated rings. The SMILES string of the molecule is CCC(C)N(C)C(=O)c1ccc(C)cc1O. The van der Waals surface area contributed by atoms with E-state index in [1.807, 2.05) is 26.8 Å². The van der Waals surface area contributed by atoms with E-state index in [1.165, 1.54) is 0 Å². The van der Waals surface area contributed by atoms with Gasteiger partial charge in [-0.2, -0.15) is 0 Å². The summed E-state index contributed by atoms with van der Waals surface area (Å²) >= 11 is 0. The van der Waals surface area contributed by atoms with E-state index in [0.717, 1.165) is 12.0 Å². The number of phenolic OH excluding ortho intramolecular Hbond substituents is 1. The Balaban J connectivity index is 2.96. The van der Waals surface area contributed by atoms with Gasteiger partial charge in [0.05, 0.1) is 5.56 Å². The number of phenols is 1. The number of aryl methyl sites for hydroxylation is 1. The van der Waals surface area contributed by atoms with Gasteiger partial charge in [-0.15, -0.1) is 0 Å². The number of carbonyl (C=O) groups excluding carboxylic acids is 1. The molecular formula is C13H19NO2. The van der Waals surface area contributed by atoms with Gasteiger partial charge >= 0.3 is 0 Å². The zero-order chi connectivity index (χ0) is 12.3. The molecule has 0 aromatic heterocycles. The van der Waals surface area contributed by atoms with Crippen LogP contribution < -0.4 is 0 Å². The van der Waals surface area contributed by atoms with Crippen molar-refractivity contribution in [1.82, 2.24) is 4.90 Å². The third-order valence-electron chi connectivity index (χ3n) is 2.96. The van der Waals surface area contributed by atoms with Crippen molar-refractivity contribution in [3.05, 3.63) is 29.3 Å². The van der Waals surface area contributed by atoms with E-state index in [-0.39, 0.29) is 17.7 Å². The van der Waals surface area contributed by atoms with E-state index < -0.39 is 0 Å². The van der Waals surface area contributed by atoms with Crippen LogP contribution in [0.25, 0.3) is 0 Å². The highest BCUT2D eigenvalue weighted by Crippen LogP contribution is 2.20. The largest absolute Gasteiger partial charge is 0.507 e. The number of nitrogens with zero attached hydrogens (tertiary/aromatic N) is 1. The van der Waals surface area contributed by atoms with E-state index in [4.69, 9.17) is 0 Å². The molecule has 0 saturated heterocycles. The second-order valence-corrected chi connectivity index (χ2v) is 4.19.